The van der Waals surface area contributed by atoms with Crippen LogP contribution < -0.4 is 34.2 Å². The van der Waals surface area contributed by atoms with Crippen LogP contribution in [0, 0.1) is 16.5 Å². The van der Waals surface area contributed by atoms with Crippen molar-refractivity contribution in [2.45, 2.75) is 133 Å². The summed E-state index contributed by atoms with van der Waals surface area (Å²) in [6.07, 6.45) is 10.2. The number of carbonyl (C=O) groups is 1. The number of pyridine rings is 1. The standard InChI is InChI=1S/C62H74FN9O8S/c1-7-79-60-52(29-46-47(63)18-19-48(46)67-60)80-51-28-40(14-17-45(51)59(73)68-81(76,77)53-30-49(69(5)75)54(56-55(53)65-36-66-56)64-33-38-20-22-61(4,74)23-21-38)70-26-24-62(25-27-70)31-41(32-62)72-50-35-71(34-39-12-15-42(78-6)16-13-39)58(50)57(72)44-11-9-8-10-43(44)37(2)3/h8-18,28-30,36-38,41,50,57-58,64,69,74H,7,19-27,31-35H2,1-6H3,(H,65,66)(H,68,73)/t38?,50?,57-,58+,61?/m1/s1. The molecule has 428 valence electrons. The molecule has 0 radical (unpaired) electrons. The minimum atomic E-state index is -4.70. The van der Waals surface area contributed by atoms with E-state index in [4.69, 9.17) is 14.2 Å². The topological polar surface area (TPSA) is 202 Å². The molecule has 0 bridgehead atoms. The first kappa shape index (κ1) is 55.0. The van der Waals surface area contributed by atoms with E-state index in [0.717, 1.165) is 76.1 Å². The zero-order valence-electron chi connectivity index (χ0n) is 47.1. The maximum Gasteiger partial charge on any atom is 0.268 e. The molecular weight excluding hydrogens is 1050 g/mol. The van der Waals surface area contributed by atoms with Gasteiger partial charge in [-0.1, -0.05) is 50.2 Å². The highest BCUT2D eigenvalue weighted by molar-refractivity contribution is 7.90. The Kier molecular flexibility index (Phi) is 14.7. The first-order valence-electron chi connectivity index (χ1n) is 28.8. The number of anilines is 2. The molecule has 3 aliphatic heterocycles. The Morgan fingerprint density at radius 1 is 1.01 bits per heavy atom. The molecule has 12 rings (SSSR count). The summed E-state index contributed by atoms with van der Waals surface area (Å²) in [6, 6.07) is 27.1. The SMILES string of the molecule is CCOc1nc2c(cc1Oc1cc(N3CCC4(CC3)CC(N3C5CN(Cc6ccc(OC)cc6)[C@@H]5[C@H]3c3ccccc3C(C)C)C4)ccc1C(=O)NS(=O)(=O)c1cc([NH+](C)[O-])c(NCC3CCC(C)(O)CC3)c3[nH]cnc13)C(F)=CC2. The van der Waals surface area contributed by atoms with Crippen LogP contribution in [-0.4, -0.2) is 115 Å². The number of amides is 1. The predicted octanol–water partition coefficient (Wildman–Crippen LogP) is 9.32. The molecule has 81 heavy (non-hydrogen) atoms. The molecule has 5 N–H and O–H groups in total. The summed E-state index contributed by atoms with van der Waals surface area (Å²) in [7, 11) is -1.64. The Morgan fingerprint density at radius 2 is 1.77 bits per heavy atom. The highest BCUT2D eigenvalue weighted by Gasteiger charge is 2.64. The number of benzene rings is 4. The number of rotatable bonds is 18. The van der Waals surface area contributed by atoms with Gasteiger partial charge < -0.3 is 44.8 Å². The summed E-state index contributed by atoms with van der Waals surface area (Å²) in [6.45, 7) is 12.4. The Balaban J connectivity index is 0.783. The van der Waals surface area contributed by atoms with E-state index in [1.165, 1.54) is 48.3 Å². The van der Waals surface area contributed by atoms with Crippen molar-refractivity contribution in [1.29, 1.82) is 0 Å². The molecule has 6 aliphatic rings. The largest absolute Gasteiger partial charge is 0.629 e. The van der Waals surface area contributed by atoms with Crippen molar-refractivity contribution in [3.05, 3.63) is 130 Å². The van der Waals surface area contributed by atoms with Gasteiger partial charge in [-0.05, 0) is 136 Å². The van der Waals surface area contributed by atoms with E-state index >= 15 is 4.39 Å². The number of likely N-dealkylation sites (tertiary alicyclic amines) is 2. The number of carbonyl (C=O) groups excluding carboxylic acids is 1. The quantitative estimate of drug-likeness (QED) is 0.0510. The number of piperazine rings is 1. The van der Waals surface area contributed by atoms with E-state index in [1.807, 2.05) is 25.1 Å². The number of hydroxylamine groups is 1. The fourth-order valence-corrected chi connectivity index (χ4v) is 15.1. The van der Waals surface area contributed by atoms with Crippen molar-refractivity contribution in [2.75, 3.05) is 57.2 Å². The number of methoxy groups -OCH3 is 1. The molecule has 3 aliphatic carbocycles. The number of halogens is 1. The lowest BCUT2D eigenvalue weighted by atomic mass is 9.57. The number of ether oxygens (including phenoxy) is 3. The molecule has 1 spiro atoms. The minimum absolute atomic E-state index is 0.0222. The van der Waals surface area contributed by atoms with Crippen molar-refractivity contribution < 1.29 is 42.0 Å². The summed E-state index contributed by atoms with van der Waals surface area (Å²) in [5.74, 6) is 0.263. The van der Waals surface area contributed by atoms with Crippen LogP contribution >= 0.6 is 0 Å². The maximum atomic E-state index is 15.2. The number of imidazole rings is 1. The third-order valence-corrected chi connectivity index (χ3v) is 19.8. The average Bonchev–Trinajstić information content (AvgIpc) is 4.28. The van der Waals surface area contributed by atoms with E-state index in [9.17, 15) is 23.5 Å². The van der Waals surface area contributed by atoms with Crippen LogP contribution in [0.2, 0.25) is 0 Å². The summed E-state index contributed by atoms with van der Waals surface area (Å²) < 4.78 is 64.4. The van der Waals surface area contributed by atoms with E-state index in [-0.39, 0.29) is 74.0 Å². The van der Waals surface area contributed by atoms with Gasteiger partial charge in [0.25, 0.3) is 21.8 Å². The zero-order valence-corrected chi connectivity index (χ0v) is 47.9. The minimum Gasteiger partial charge on any atom is -0.629 e. The summed E-state index contributed by atoms with van der Waals surface area (Å²) in [5.41, 5.74) is 5.94. The number of allylic oxidation sites excluding steroid dienone is 1. The average molecular weight is 1120 g/mol. The molecule has 3 saturated heterocycles. The van der Waals surface area contributed by atoms with Gasteiger partial charge in [-0.3, -0.25) is 14.6 Å². The number of aliphatic hydroxyl groups is 1. The Morgan fingerprint density at radius 3 is 2.48 bits per heavy atom. The number of quaternary nitrogens is 1. The fourth-order valence-electron chi connectivity index (χ4n) is 13.9. The molecule has 5 heterocycles. The Hall–Kier alpha value is -6.61. The fraction of sp³-hybridized carbons (Fsp3) is 0.468. The molecule has 6 aromatic rings. The van der Waals surface area contributed by atoms with Gasteiger partial charge in [-0.2, -0.15) is 0 Å². The first-order chi connectivity index (χ1) is 38.9. The van der Waals surface area contributed by atoms with Gasteiger partial charge >= 0.3 is 0 Å². The molecule has 1 amide bonds. The molecule has 17 nitrogen and oxygen atoms in total. The van der Waals surface area contributed by atoms with Gasteiger partial charge in [0.05, 0.1) is 55.5 Å². The lowest BCUT2D eigenvalue weighted by Crippen LogP contribution is -2.98. The van der Waals surface area contributed by atoms with Crippen molar-refractivity contribution in [1.82, 2.24) is 29.5 Å². The number of piperidine rings is 1. The van der Waals surface area contributed by atoms with E-state index < -0.39 is 27.4 Å². The van der Waals surface area contributed by atoms with Crippen LogP contribution in [0.15, 0.2) is 96.2 Å². The van der Waals surface area contributed by atoms with Gasteiger partial charge in [0.15, 0.2) is 11.4 Å². The van der Waals surface area contributed by atoms with Crippen LogP contribution in [0.4, 0.5) is 21.5 Å². The van der Waals surface area contributed by atoms with Crippen LogP contribution in [0.3, 0.4) is 0 Å². The second-order valence-corrected chi connectivity index (χ2v) is 25.7. The lowest BCUT2D eigenvalue weighted by Gasteiger charge is -2.72. The highest BCUT2D eigenvalue weighted by atomic mass is 32.2. The molecule has 19 heteroatoms. The van der Waals surface area contributed by atoms with E-state index in [2.05, 4.69) is 89.9 Å². The smallest absolute Gasteiger partial charge is 0.268 e. The van der Waals surface area contributed by atoms with Crippen molar-refractivity contribution in [3.8, 4) is 23.1 Å². The number of nitrogens with one attached hydrogen (secondary N) is 4. The lowest BCUT2D eigenvalue weighted by molar-refractivity contribution is -0.750. The second kappa shape index (κ2) is 21.6. The number of aromatic amines is 1. The van der Waals surface area contributed by atoms with Crippen molar-refractivity contribution >= 4 is 49.9 Å². The maximum absolute atomic E-state index is 15.2. The van der Waals surface area contributed by atoms with Gasteiger partial charge in [0.1, 0.15) is 33.4 Å². The predicted molar refractivity (Wildman–Crippen MR) is 309 cm³/mol. The molecule has 4 atom stereocenters. The van der Waals surface area contributed by atoms with Crippen molar-refractivity contribution in [2.24, 2.45) is 11.3 Å². The molecular formula is C62H74FN9O8S. The number of sulfonamides is 1. The van der Waals surface area contributed by atoms with Gasteiger partial charge in [0.2, 0.25) is 0 Å². The monoisotopic (exact) mass is 1120 g/mol. The van der Waals surface area contributed by atoms with E-state index in [1.54, 1.807) is 26.2 Å². The first-order valence-corrected chi connectivity index (χ1v) is 30.3. The normalized spacial score (nSPS) is 23.9. The van der Waals surface area contributed by atoms with E-state index in [0.29, 0.717) is 66.4 Å². The van der Waals surface area contributed by atoms with Gasteiger partial charge in [-0.15, -0.1) is 0 Å². The summed E-state index contributed by atoms with van der Waals surface area (Å²) in [5, 5.41) is 26.8. The molecule has 4 aromatic carbocycles. The second-order valence-electron chi connectivity index (χ2n) is 24.1. The Bertz CT molecular complexity index is 3490. The number of fused-ring (bicyclic) bond motifs is 3. The van der Waals surface area contributed by atoms with Crippen LogP contribution in [0.25, 0.3) is 16.9 Å². The molecule has 2 aromatic heterocycles. The van der Waals surface area contributed by atoms with Crippen LogP contribution in [0.1, 0.15) is 129 Å². The van der Waals surface area contributed by atoms with Crippen LogP contribution in [-0.2, 0) is 23.0 Å². The number of aromatic nitrogens is 3. The van der Waals surface area contributed by atoms with Gasteiger partial charge in [-0.25, -0.2) is 27.5 Å². The molecule has 2 unspecified atom stereocenters. The van der Waals surface area contributed by atoms with Gasteiger partial charge in [0, 0.05) is 80.7 Å². The summed E-state index contributed by atoms with van der Waals surface area (Å²) in [4.78, 5) is 34.0. The highest BCUT2D eigenvalue weighted by Crippen LogP contribution is 2.60. The number of nitrogens with zero attached hydrogens (tertiary/aromatic N) is 5. The third kappa shape index (κ3) is 10.4. The summed E-state index contributed by atoms with van der Waals surface area (Å²) >= 11 is 0. The zero-order chi connectivity index (χ0) is 56.5. The molecule has 2 saturated carbocycles. The number of H-pyrrole nitrogens is 1. The number of hydrogen-bond acceptors (Lipinski definition) is 14. The number of hydrogen-bond donors (Lipinski definition) is 5. The third-order valence-electron chi connectivity index (χ3n) is 18.5. The molecule has 5 fully saturated rings. The van der Waals surface area contributed by atoms with Crippen LogP contribution in [0.5, 0.6) is 23.1 Å². The van der Waals surface area contributed by atoms with Crippen molar-refractivity contribution in [3.63, 3.8) is 0 Å². The Labute approximate surface area is 473 Å².